The van der Waals surface area contributed by atoms with Crippen LogP contribution in [0.15, 0.2) is 51.7 Å². The average Bonchev–Trinajstić information content (AvgIpc) is 2.73. The highest BCUT2D eigenvalue weighted by atomic mass is 79.9. The van der Waals surface area contributed by atoms with Gasteiger partial charge < -0.3 is 18.8 Å². The van der Waals surface area contributed by atoms with Crippen LogP contribution in [0.4, 0.5) is 6.01 Å². The molecule has 140 valence electrons. The Balaban J connectivity index is 1.93. The molecule has 0 unspecified atom stereocenters. The van der Waals surface area contributed by atoms with Gasteiger partial charge in [0.1, 0.15) is 5.75 Å². The number of anilines is 1. The summed E-state index contributed by atoms with van der Waals surface area (Å²) in [6.45, 7) is 2.97. The first kappa shape index (κ1) is 18.0. The maximum atomic E-state index is 12.7. The van der Waals surface area contributed by atoms with Crippen LogP contribution < -0.4 is 15.2 Å². The summed E-state index contributed by atoms with van der Waals surface area (Å²) >= 11 is 3.39. The van der Waals surface area contributed by atoms with Gasteiger partial charge in [-0.05, 0) is 17.7 Å². The summed E-state index contributed by atoms with van der Waals surface area (Å²) in [5.41, 5.74) is 1.88. The van der Waals surface area contributed by atoms with Crippen LogP contribution in [-0.2, 0) is 4.74 Å². The van der Waals surface area contributed by atoms with Gasteiger partial charge in [-0.25, -0.2) is 0 Å². The first-order chi connectivity index (χ1) is 13.3. The van der Waals surface area contributed by atoms with E-state index in [0.717, 1.165) is 11.1 Å². The number of fused-ring (bicyclic) bond motifs is 1. The van der Waals surface area contributed by atoms with Gasteiger partial charge in [-0.3, -0.25) is 4.79 Å². The minimum absolute atomic E-state index is 0.304. The highest BCUT2D eigenvalue weighted by molar-refractivity contribution is 9.09. The van der Waals surface area contributed by atoms with E-state index in [-0.39, 0.29) is 5.56 Å². The number of halogens is 1. The van der Waals surface area contributed by atoms with Gasteiger partial charge in [-0.1, -0.05) is 46.3 Å². The summed E-state index contributed by atoms with van der Waals surface area (Å²) in [4.78, 5) is 18.8. The molecule has 1 fully saturated rings. The normalized spacial score (nSPS) is 14.5. The fraction of sp³-hybridized carbons (Fsp3) is 0.300. The Hall–Kier alpha value is -2.38. The highest BCUT2D eigenvalue weighted by Gasteiger charge is 2.21. The van der Waals surface area contributed by atoms with Gasteiger partial charge in [-0.15, -0.1) is 0 Å². The fourth-order valence-electron chi connectivity index (χ4n) is 3.14. The molecule has 0 spiro atoms. The smallest absolute Gasteiger partial charge is 0.301 e. The second kappa shape index (κ2) is 8.10. The topological polar surface area (TPSA) is 64.8 Å². The van der Waals surface area contributed by atoms with E-state index in [4.69, 9.17) is 13.9 Å². The number of aromatic nitrogens is 1. The van der Waals surface area contributed by atoms with E-state index >= 15 is 0 Å². The molecule has 1 aliphatic rings. The van der Waals surface area contributed by atoms with Crippen molar-refractivity contribution >= 4 is 32.9 Å². The van der Waals surface area contributed by atoms with Crippen LogP contribution in [0, 0.1) is 0 Å². The van der Waals surface area contributed by atoms with E-state index < -0.39 is 0 Å². The summed E-state index contributed by atoms with van der Waals surface area (Å²) in [6, 6.07) is 13.6. The lowest BCUT2D eigenvalue weighted by Gasteiger charge is -2.26. The zero-order valence-electron chi connectivity index (χ0n) is 14.7. The van der Waals surface area contributed by atoms with Crippen LogP contribution in [0.3, 0.4) is 0 Å². The number of hydrogen-bond acceptors (Lipinski definition) is 6. The Morgan fingerprint density at radius 3 is 2.63 bits per heavy atom. The monoisotopic (exact) mass is 430 g/mol. The molecular weight excluding hydrogens is 412 g/mol. The molecule has 7 heteroatoms. The Bertz CT molecular complexity index is 984. The molecule has 0 bridgehead atoms. The van der Waals surface area contributed by atoms with Crippen molar-refractivity contribution in [3.8, 4) is 16.9 Å². The molecule has 0 atom stereocenters. The predicted molar refractivity (Wildman–Crippen MR) is 108 cm³/mol. The van der Waals surface area contributed by atoms with Gasteiger partial charge in [0.2, 0.25) is 0 Å². The van der Waals surface area contributed by atoms with Crippen LogP contribution >= 0.6 is 15.9 Å². The molecule has 0 N–H and O–H groups in total. The first-order valence-electron chi connectivity index (χ1n) is 8.82. The maximum absolute atomic E-state index is 12.7. The highest BCUT2D eigenvalue weighted by Crippen LogP contribution is 2.37. The molecular formula is C20H19BrN2O4. The van der Waals surface area contributed by atoms with Crippen LogP contribution in [-0.4, -0.2) is 43.2 Å². The molecule has 2 aromatic carbocycles. The van der Waals surface area contributed by atoms with Crippen LogP contribution in [0.2, 0.25) is 0 Å². The van der Waals surface area contributed by atoms with Crippen LogP contribution in [0.1, 0.15) is 0 Å². The van der Waals surface area contributed by atoms with Crippen molar-refractivity contribution in [3.05, 3.63) is 52.8 Å². The third-order valence-electron chi connectivity index (χ3n) is 4.42. The molecule has 0 radical (unpaired) electrons. The predicted octanol–water partition coefficient (Wildman–Crippen LogP) is 3.47. The minimum atomic E-state index is -0.304. The zero-order chi connectivity index (χ0) is 18.6. The molecule has 3 aromatic rings. The number of morpholine rings is 1. The van der Waals surface area contributed by atoms with E-state index in [9.17, 15) is 4.79 Å². The van der Waals surface area contributed by atoms with Crippen molar-refractivity contribution in [3.63, 3.8) is 0 Å². The van der Waals surface area contributed by atoms with Crippen molar-refractivity contribution < 1.29 is 13.9 Å². The lowest BCUT2D eigenvalue weighted by Crippen LogP contribution is -2.37. The number of hydrogen-bond donors (Lipinski definition) is 0. The Morgan fingerprint density at radius 1 is 1.11 bits per heavy atom. The van der Waals surface area contributed by atoms with E-state index in [1.54, 1.807) is 12.1 Å². The van der Waals surface area contributed by atoms with Crippen LogP contribution in [0.25, 0.3) is 22.1 Å². The molecule has 0 amide bonds. The molecule has 0 aliphatic carbocycles. The van der Waals surface area contributed by atoms with E-state index in [1.165, 1.54) is 0 Å². The molecule has 0 saturated carbocycles. The molecule has 4 rings (SSSR count). The van der Waals surface area contributed by atoms with Crippen LogP contribution in [0.5, 0.6) is 5.75 Å². The summed E-state index contributed by atoms with van der Waals surface area (Å²) in [6.07, 6.45) is 0. The lowest BCUT2D eigenvalue weighted by atomic mass is 10.0. The van der Waals surface area contributed by atoms with Crippen molar-refractivity contribution in [1.82, 2.24) is 4.98 Å². The molecule has 1 aliphatic heterocycles. The van der Waals surface area contributed by atoms with E-state index in [2.05, 4.69) is 20.9 Å². The van der Waals surface area contributed by atoms with Gasteiger partial charge in [0.05, 0.1) is 30.8 Å². The second-order valence-electron chi connectivity index (χ2n) is 6.12. The molecule has 2 heterocycles. The van der Waals surface area contributed by atoms with Gasteiger partial charge in [-0.2, -0.15) is 4.98 Å². The van der Waals surface area contributed by atoms with Gasteiger partial charge in [0.25, 0.3) is 5.56 Å². The van der Waals surface area contributed by atoms with Crippen molar-refractivity contribution in [2.75, 3.05) is 43.1 Å². The Kier molecular flexibility index (Phi) is 5.40. The molecule has 27 heavy (non-hydrogen) atoms. The summed E-state index contributed by atoms with van der Waals surface area (Å²) in [5, 5.41) is 1.15. The van der Waals surface area contributed by atoms with Gasteiger partial charge in [0.15, 0.2) is 5.58 Å². The quantitative estimate of drug-likeness (QED) is 0.577. The number of nitrogens with zero attached hydrogens (tertiary/aromatic N) is 2. The van der Waals surface area contributed by atoms with Gasteiger partial charge >= 0.3 is 6.01 Å². The Morgan fingerprint density at radius 2 is 1.89 bits per heavy atom. The maximum Gasteiger partial charge on any atom is 0.301 e. The fourth-order valence-corrected chi connectivity index (χ4v) is 3.30. The zero-order valence-corrected chi connectivity index (χ0v) is 16.3. The summed E-state index contributed by atoms with van der Waals surface area (Å²) in [7, 11) is 0. The first-order valence-corrected chi connectivity index (χ1v) is 9.95. The third kappa shape index (κ3) is 3.70. The molecule has 1 aromatic heterocycles. The SMILES string of the molecule is O=c1nc(N2CCOCC2)oc2c(-c3ccccc3)c(OCCBr)ccc12. The third-order valence-corrected chi connectivity index (χ3v) is 4.74. The molecule has 1 saturated heterocycles. The summed E-state index contributed by atoms with van der Waals surface area (Å²) in [5.74, 6) is 0.676. The number of rotatable bonds is 5. The number of ether oxygens (including phenoxy) is 2. The number of alkyl halides is 1. The minimum Gasteiger partial charge on any atom is -0.492 e. The van der Waals surface area contributed by atoms with Crippen molar-refractivity contribution in [2.45, 2.75) is 0 Å². The average molecular weight is 431 g/mol. The van der Waals surface area contributed by atoms with E-state index in [1.807, 2.05) is 35.2 Å². The largest absolute Gasteiger partial charge is 0.492 e. The Labute approximate surface area is 164 Å². The summed E-state index contributed by atoms with van der Waals surface area (Å²) < 4.78 is 17.4. The standard InChI is InChI=1S/C20H19BrN2O4/c21-8-11-26-16-7-6-15-18(17(16)14-4-2-1-3-5-14)27-20(22-19(15)24)23-9-12-25-13-10-23/h1-7H,8-13H2. The van der Waals surface area contributed by atoms with E-state index in [0.29, 0.717) is 61.0 Å². The lowest BCUT2D eigenvalue weighted by molar-refractivity contribution is 0.120. The molecule has 6 nitrogen and oxygen atoms in total. The van der Waals surface area contributed by atoms with Crippen molar-refractivity contribution in [1.29, 1.82) is 0 Å². The van der Waals surface area contributed by atoms with Crippen molar-refractivity contribution in [2.24, 2.45) is 0 Å². The number of benzene rings is 2. The van der Waals surface area contributed by atoms with Gasteiger partial charge in [0, 0.05) is 18.4 Å². The second-order valence-corrected chi connectivity index (χ2v) is 6.91.